The van der Waals surface area contributed by atoms with Gasteiger partial charge in [0, 0.05) is 38.2 Å². The predicted octanol–water partition coefficient (Wildman–Crippen LogP) is 1.99. The van der Waals surface area contributed by atoms with E-state index in [2.05, 4.69) is 10.5 Å². The first-order valence-corrected chi connectivity index (χ1v) is 7.41. The number of nitrogens with one attached hydrogen (secondary N) is 1. The lowest BCUT2D eigenvalue weighted by Crippen LogP contribution is -2.42. The van der Waals surface area contributed by atoms with Gasteiger partial charge in [-0.1, -0.05) is 35.5 Å². The fraction of sp³-hybridized carbons (Fsp3) is 0.375. The molecule has 0 atom stereocenters. The van der Waals surface area contributed by atoms with Crippen LogP contribution >= 0.6 is 0 Å². The van der Waals surface area contributed by atoms with Crippen LogP contribution in [0.25, 0.3) is 11.3 Å². The Morgan fingerprint density at radius 1 is 1.26 bits per heavy atom. The van der Waals surface area contributed by atoms with E-state index in [1.54, 1.807) is 24.3 Å². The molecule has 0 saturated carbocycles. The molecular formula is C16H18N2O5. The van der Waals surface area contributed by atoms with E-state index >= 15 is 0 Å². The fourth-order valence-corrected chi connectivity index (χ4v) is 2.57. The number of ether oxygens (including phenoxy) is 1. The van der Waals surface area contributed by atoms with Crippen LogP contribution in [0.2, 0.25) is 0 Å². The van der Waals surface area contributed by atoms with Gasteiger partial charge in [-0.3, -0.25) is 0 Å². The van der Waals surface area contributed by atoms with Gasteiger partial charge in [0.15, 0.2) is 17.1 Å². The number of hydrogen-bond acceptors (Lipinski definition) is 6. The third-order valence-electron chi connectivity index (χ3n) is 3.95. The van der Waals surface area contributed by atoms with Crippen LogP contribution in [-0.2, 0) is 4.74 Å². The molecule has 7 nitrogen and oxygen atoms in total. The highest BCUT2D eigenvalue weighted by molar-refractivity contribution is 5.99. The van der Waals surface area contributed by atoms with Gasteiger partial charge < -0.3 is 24.8 Å². The number of carboxylic acid groups (broad SMARTS) is 1. The molecule has 7 heteroatoms. The van der Waals surface area contributed by atoms with E-state index in [9.17, 15) is 15.0 Å². The fourth-order valence-electron chi connectivity index (χ4n) is 2.57. The van der Waals surface area contributed by atoms with Crippen molar-refractivity contribution < 1.29 is 24.3 Å². The molecule has 0 spiro atoms. The van der Waals surface area contributed by atoms with Gasteiger partial charge in [0.25, 0.3) is 0 Å². The number of carboxylic acids is 1. The zero-order valence-corrected chi connectivity index (χ0v) is 12.5. The number of anilines is 1. The Labute approximate surface area is 132 Å². The standard InChI is InChI=1S/C16H18N2O5/c19-15(20)12-13(11-4-2-1-3-5-11)23-18-14(12)17-10-16(21)6-8-22-9-7-16/h1-5,21H,6-10H2,(H,17,18)(H,19,20). The number of benzene rings is 1. The number of hydrogen-bond donors (Lipinski definition) is 3. The van der Waals surface area contributed by atoms with E-state index in [0.29, 0.717) is 31.6 Å². The smallest absolute Gasteiger partial charge is 0.343 e. The monoisotopic (exact) mass is 318 g/mol. The Kier molecular flexibility index (Phi) is 4.31. The van der Waals surface area contributed by atoms with Crippen molar-refractivity contribution in [1.29, 1.82) is 0 Å². The Balaban J connectivity index is 1.83. The first kappa shape index (κ1) is 15.5. The molecule has 0 unspecified atom stereocenters. The normalized spacial score (nSPS) is 16.9. The third-order valence-corrected chi connectivity index (χ3v) is 3.95. The molecule has 0 radical (unpaired) electrons. The van der Waals surface area contributed by atoms with Gasteiger partial charge in [0.2, 0.25) is 0 Å². The molecule has 0 aliphatic carbocycles. The maximum Gasteiger partial charge on any atom is 0.343 e. The third kappa shape index (κ3) is 3.35. The predicted molar refractivity (Wildman–Crippen MR) is 82.4 cm³/mol. The van der Waals surface area contributed by atoms with Gasteiger partial charge >= 0.3 is 5.97 Å². The summed E-state index contributed by atoms with van der Waals surface area (Å²) < 4.78 is 10.4. The van der Waals surface area contributed by atoms with Crippen LogP contribution in [0.5, 0.6) is 0 Å². The maximum atomic E-state index is 11.6. The van der Waals surface area contributed by atoms with Crippen LogP contribution < -0.4 is 5.32 Å². The molecule has 1 aromatic carbocycles. The number of aromatic nitrogens is 1. The van der Waals surface area contributed by atoms with Crippen LogP contribution in [0.1, 0.15) is 23.2 Å². The van der Waals surface area contributed by atoms with Crippen molar-refractivity contribution in [3.63, 3.8) is 0 Å². The van der Waals surface area contributed by atoms with Crippen LogP contribution in [0, 0.1) is 0 Å². The second-order valence-corrected chi connectivity index (χ2v) is 5.60. The average Bonchev–Trinajstić information content (AvgIpc) is 2.99. The number of rotatable bonds is 5. The van der Waals surface area contributed by atoms with Gasteiger partial charge in [-0.2, -0.15) is 0 Å². The first-order valence-electron chi connectivity index (χ1n) is 7.41. The lowest BCUT2D eigenvalue weighted by molar-refractivity contribution is -0.0544. The summed E-state index contributed by atoms with van der Waals surface area (Å²) in [6.45, 7) is 1.16. The Hall–Kier alpha value is -2.38. The summed E-state index contributed by atoms with van der Waals surface area (Å²) in [5.74, 6) is -0.817. The maximum absolute atomic E-state index is 11.6. The van der Waals surface area contributed by atoms with E-state index < -0.39 is 11.6 Å². The minimum atomic E-state index is -1.13. The molecule has 0 amide bonds. The molecule has 2 aromatic rings. The summed E-state index contributed by atoms with van der Waals surface area (Å²) in [7, 11) is 0. The highest BCUT2D eigenvalue weighted by Crippen LogP contribution is 2.30. The number of aliphatic hydroxyl groups is 1. The van der Waals surface area contributed by atoms with Crippen molar-refractivity contribution in [2.24, 2.45) is 0 Å². The largest absolute Gasteiger partial charge is 0.477 e. The molecular weight excluding hydrogens is 300 g/mol. The first-order chi connectivity index (χ1) is 11.1. The minimum absolute atomic E-state index is 0.0353. The van der Waals surface area contributed by atoms with Crippen LogP contribution in [0.4, 0.5) is 5.82 Å². The van der Waals surface area contributed by atoms with Crippen molar-refractivity contribution in [3.05, 3.63) is 35.9 Å². The lowest BCUT2D eigenvalue weighted by atomic mass is 9.94. The molecule has 1 fully saturated rings. The van der Waals surface area contributed by atoms with Crippen LogP contribution in [0.3, 0.4) is 0 Å². The van der Waals surface area contributed by atoms with E-state index in [0.717, 1.165) is 0 Å². The van der Waals surface area contributed by atoms with Crippen molar-refractivity contribution in [1.82, 2.24) is 5.16 Å². The summed E-state index contributed by atoms with van der Waals surface area (Å²) >= 11 is 0. The number of carbonyl (C=O) groups is 1. The molecule has 3 N–H and O–H groups in total. The average molecular weight is 318 g/mol. The van der Waals surface area contributed by atoms with Gasteiger partial charge in [-0.15, -0.1) is 0 Å². The highest BCUT2D eigenvalue weighted by atomic mass is 16.5. The number of aromatic carboxylic acids is 1. The molecule has 3 rings (SSSR count). The molecule has 1 saturated heterocycles. The second-order valence-electron chi connectivity index (χ2n) is 5.60. The SMILES string of the molecule is O=C(O)c1c(NCC2(O)CCOCC2)noc1-c1ccccc1. The van der Waals surface area contributed by atoms with E-state index in [-0.39, 0.29) is 23.7 Å². The zero-order valence-electron chi connectivity index (χ0n) is 12.5. The van der Waals surface area contributed by atoms with Crippen molar-refractivity contribution >= 4 is 11.8 Å². The molecule has 23 heavy (non-hydrogen) atoms. The van der Waals surface area contributed by atoms with Crippen molar-refractivity contribution in [2.75, 3.05) is 25.1 Å². The summed E-state index contributed by atoms with van der Waals surface area (Å²) in [6.07, 6.45) is 0.984. The summed E-state index contributed by atoms with van der Waals surface area (Å²) in [6, 6.07) is 8.92. The van der Waals surface area contributed by atoms with Crippen molar-refractivity contribution in [3.8, 4) is 11.3 Å². The summed E-state index contributed by atoms with van der Waals surface area (Å²) in [5.41, 5.74) is -0.332. The molecule has 1 aliphatic rings. The van der Waals surface area contributed by atoms with E-state index in [1.165, 1.54) is 0 Å². The molecule has 1 aromatic heterocycles. The molecule has 122 valence electrons. The van der Waals surface area contributed by atoms with Gasteiger partial charge in [-0.25, -0.2) is 4.79 Å². The number of nitrogens with zero attached hydrogens (tertiary/aromatic N) is 1. The minimum Gasteiger partial charge on any atom is -0.477 e. The molecule has 2 heterocycles. The van der Waals surface area contributed by atoms with Gasteiger partial charge in [-0.05, 0) is 0 Å². The Morgan fingerprint density at radius 2 is 1.96 bits per heavy atom. The van der Waals surface area contributed by atoms with Crippen LogP contribution in [0.15, 0.2) is 34.9 Å². The zero-order chi connectivity index (χ0) is 16.3. The summed E-state index contributed by atoms with van der Waals surface area (Å²) in [5, 5.41) is 26.6. The Morgan fingerprint density at radius 3 is 2.61 bits per heavy atom. The lowest BCUT2D eigenvalue weighted by Gasteiger charge is -2.32. The van der Waals surface area contributed by atoms with E-state index in [4.69, 9.17) is 9.26 Å². The van der Waals surface area contributed by atoms with E-state index in [1.807, 2.05) is 6.07 Å². The van der Waals surface area contributed by atoms with Gasteiger partial charge in [0.05, 0.1) is 5.60 Å². The Bertz CT molecular complexity index is 677. The molecule has 1 aliphatic heterocycles. The summed E-state index contributed by atoms with van der Waals surface area (Å²) in [4.78, 5) is 11.6. The highest BCUT2D eigenvalue weighted by Gasteiger charge is 2.31. The van der Waals surface area contributed by atoms with Crippen LogP contribution in [-0.4, -0.2) is 46.7 Å². The topological polar surface area (TPSA) is 105 Å². The van der Waals surface area contributed by atoms with Crippen molar-refractivity contribution in [2.45, 2.75) is 18.4 Å². The second kappa shape index (κ2) is 6.39. The quantitative estimate of drug-likeness (QED) is 0.774. The van der Waals surface area contributed by atoms with Gasteiger partial charge in [0.1, 0.15) is 0 Å². The molecule has 0 bridgehead atoms.